The van der Waals surface area contributed by atoms with E-state index >= 15 is 0 Å². The minimum absolute atomic E-state index is 0.350. The molecule has 1 aromatic carbocycles. The number of nitrogens with zero attached hydrogens (tertiary/aromatic N) is 1. The molecule has 0 saturated heterocycles. The molecule has 0 radical (unpaired) electrons. The maximum atomic E-state index is 13.1. The van der Waals surface area contributed by atoms with Crippen molar-refractivity contribution in [2.75, 3.05) is 11.9 Å². The molecule has 0 amide bonds. The Balaban J connectivity index is 2.31. The lowest BCUT2D eigenvalue weighted by molar-refractivity contribution is 0.112. The predicted molar refractivity (Wildman–Crippen MR) is 53.2 cm³/mol. The standard InChI is InChI=1S/C11H12FNO/c1-13(10-2-3-10)11-5-8(7-14)4-9(12)6-11/h4-7,10H,2-3H2,1H3. The van der Waals surface area contributed by atoms with E-state index in [1.165, 1.54) is 12.1 Å². The maximum absolute atomic E-state index is 13.1. The lowest BCUT2D eigenvalue weighted by Crippen LogP contribution is -2.19. The molecule has 1 saturated carbocycles. The van der Waals surface area contributed by atoms with Crippen LogP contribution in [0.5, 0.6) is 0 Å². The van der Waals surface area contributed by atoms with E-state index < -0.39 is 0 Å². The third-order valence-corrected chi connectivity index (χ3v) is 2.54. The molecule has 0 aliphatic heterocycles. The van der Waals surface area contributed by atoms with Crippen molar-refractivity contribution in [1.82, 2.24) is 0 Å². The smallest absolute Gasteiger partial charge is 0.150 e. The van der Waals surface area contributed by atoms with Gasteiger partial charge < -0.3 is 4.90 Å². The van der Waals surface area contributed by atoms with Crippen LogP contribution in [0.2, 0.25) is 0 Å². The van der Waals surface area contributed by atoms with E-state index in [0.29, 0.717) is 17.9 Å². The van der Waals surface area contributed by atoms with E-state index in [1.807, 2.05) is 11.9 Å². The molecule has 2 rings (SSSR count). The number of hydrogen-bond acceptors (Lipinski definition) is 2. The summed E-state index contributed by atoms with van der Waals surface area (Å²) in [6.45, 7) is 0. The number of hydrogen-bond donors (Lipinski definition) is 0. The van der Waals surface area contributed by atoms with Crippen LogP contribution in [0, 0.1) is 5.82 Å². The molecule has 0 aromatic heterocycles. The van der Waals surface area contributed by atoms with Gasteiger partial charge in [0.05, 0.1) is 0 Å². The van der Waals surface area contributed by atoms with Crippen LogP contribution in [0.4, 0.5) is 10.1 Å². The van der Waals surface area contributed by atoms with Gasteiger partial charge in [0.25, 0.3) is 0 Å². The minimum atomic E-state index is -0.350. The number of benzene rings is 1. The van der Waals surface area contributed by atoms with Gasteiger partial charge >= 0.3 is 0 Å². The lowest BCUT2D eigenvalue weighted by atomic mass is 10.2. The van der Waals surface area contributed by atoms with Crippen molar-refractivity contribution in [2.24, 2.45) is 0 Å². The fourth-order valence-corrected chi connectivity index (χ4v) is 1.54. The molecule has 0 atom stereocenters. The van der Waals surface area contributed by atoms with E-state index in [1.54, 1.807) is 6.07 Å². The van der Waals surface area contributed by atoms with Crippen LogP contribution >= 0.6 is 0 Å². The first kappa shape index (κ1) is 9.19. The highest BCUT2D eigenvalue weighted by Crippen LogP contribution is 2.30. The molecule has 0 unspecified atom stereocenters. The van der Waals surface area contributed by atoms with Crippen molar-refractivity contribution in [3.05, 3.63) is 29.6 Å². The Labute approximate surface area is 82.3 Å². The quantitative estimate of drug-likeness (QED) is 0.686. The molecule has 3 heteroatoms. The summed E-state index contributed by atoms with van der Waals surface area (Å²) in [7, 11) is 1.93. The highest BCUT2D eigenvalue weighted by Gasteiger charge is 2.26. The molecule has 1 aromatic rings. The molecule has 1 aliphatic carbocycles. The Kier molecular flexibility index (Phi) is 2.23. The fourth-order valence-electron chi connectivity index (χ4n) is 1.54. The van der Waals surface area contributed by atoms with Crippen LogP contribution in [-0.4, -0.2) is 19.4 Å². The Morgan fingerprint density at radius 1 is 1.43 bits per heavy atom. The Hall–Kier alpha value is -1.38. The molecule has 0 heterocycles. The SMILES string of the molecule is CN(c1cc(F)cc(C=O)c1)C1CC1. The molecular weight excluding hydrogens is 181 g/mol. The zero-order valence-electron chi connectivity index (χ0n) is 8.03. The molecule has 1 fully saturated rings. The van der Waals surface area contributed by atoms with Crippen LogP contribution in [-0.2, 0) is 0 Å². The van der Waals surface area contributed by atoms with Crippen LogP contribution in [0.15, 0.2) is 18.2 Å². The van der Waals surface area contributed by atoms with Crippen LogP contribution < -0.4 is 4.90 Å². The summed E-state index contributed by atoms with van der Waals surface area (Å²) in [5.41, 5.74) is 1.18. The second kappa shape index (κ2) is 3.40. The third kappa shape index (κ3) is 1.76. The molecule has 74 valence electrons. The van der Waals surface area contributed by atoms with Gasteiger partial charge in [0.15, 0.2) is 0 Å². The highest BCUT2D eigenvalue weighted by atomic mass is 19.1. The zero-order chi connectivity index (χ0) is 10.1. The summed E-state index contributed by atoms with van der Waals surface area (Å²) in [5, 5.41) is 0. The summed E-state index contributed by atoms with van der Waals surface area (Å²) >= 11 is 0. The fraction of sp³-hybridized carbons (Fsp3) is 0.364. The Morgan fingerprint density at radius 3 is 2.71 bits per heavy atom. The molecular formula is C11H12FNO. The summed E-state index contributed by atoms with van der Waals surface area (Å²) in [5.74, 6) is -0.350. The van der Waals surface area contributed by atoms with Crippen molar-refractivity contribution in [2.45, 2.75) is 18.9 Å². The van der Waals surface area contributed by atoms with E-state index in [-0.39, 0.29) is 5.82 Å². The second-order valence-corrected chi connectivity index (χ2v) is 3.70. The number of carbonyl (C=O) groups excluding carboxylic acids is 1. The van der Waals surface area contributed by atoms with Gasteiger partial charge in [-0.1, -0.05) is 0 Å². The van der Waals surface area contributed by atoms with Gasteiger partial charge in [-0.05, 0) is 31.0 Å². The number of rotatable bonds is 3. The van der Waals surface area contributed by atoms with Crippen molar-refractivity contribution < 1.29 is 9.18 Å². The minimum Gasteiger partial charge on any atom is -0.372 e. The summed E-state index contributed by atoms with van der Waals surface area (Å²) < 4.78 is 13.1. The topological polar surface area (TPSA) is 20.3 Å². The number of anilines is 1. The van der Waals surface area contributed by atoms with Gasteiger partial charge in [-0.15, -0.1) is 0 Å². The Morgan fingerprint density at radius 2 is 2.14 bits per heavy atom. The normalized spacial score (nSPS) is 15.3. The largest absolute Gasteiger partial charge is 0.372 e. The molecule has 0 spiro atoms. The van der Waals surface area contributed by atoms with Gasteiger partial charge in [0.2, 0.25) is 0 Å². The van der Waals surface area contributed by atoms with Gasteiger partial charge in [-0.2, -0.15) is 0 Å². The number of aldehydes is 1. The molecule has 14 heavy (non-hydrogen) atoms. The summed E-state index contributed by atoms with van der Waals surface area (Å²) in [6, 6.07) is 4.95. The van der Waals surface area contributed by atoms with Crippen LogP contribution in [0.25, 0.3) is 0 Å². The van der Waals surface area contributed by atoms with Crippen molar-refractivity contribution in [3.8, 4) is 0 Å². The summed E-state index contributed by atoms with van der Waals surface area (Å²) in [4.78, 5) is 12.6. The van der Waals surface area contributed by atoms with Crippen LogP contribution in [0.3, 0.4) is 0 Å². The first-order chi connectivity index (χ1) is 6.70. The predicted octanol–water partition coefficient (Wildman–Crippen LogP) is 2.24. The van der Waals surface area contributed by atoms with Gasteiger partial charge in [0.1, 0.15) is 12.1 Å². The van der Waals surface area contributed by atoms with Crippen molar-refractivity contribution in [1.29, 1.82) is 0 Å². The number of halogens is 1. The number of carbonyl (C=O) groups is 1. The van der Waals surface area contributed by atoms with Crippen molar-refractivity contribution >= 4 is 12.0 Å². The Bertz CT molecular complexity index is 360. The van der Waals surface area contributed by atoms with E-state index in [0.717, 1.165) is 18.5 Å². The summed E-state index contributed by atoms with van der Waals surface area (Å²) in [6.07, 6.45) is 2.99. The lowest BCUT2D eigenvalue weighted by Gasteiger charge is -2.18. The highest BCUT2D eigenvalue weighted by molar-refractivity contribution is 5.77. The van der Waals surface area contributed by atoms with Gasteiger partial charge in [-0.25, -0.2) is 4.39 Å². The average molecular weight is 193 g/mol. The molecule has 0 bridgehead atoms. The zero-order valence-corrected chi connectivity index (χ0v) is 8.03. The molecule has 0 N–H and O–H groups in total. The third-order valence-electron chi connectivity index (χ3n) is 2.54. The van der Waals surface area contributed by atoms with E-state index in [4.69, 9.17) is 0 Å². The van der Waals surface area contributed by atoms with Crippen molar-refractivity contribution in [3.63, 3.8) is 0 Å². The van der Waals surface area contributed by atoms with Gasteiger partial charge in [-0.3, -0.25) is 4.79 Å². The molecule has 2 nitrogen and oxygen atoms in total. The van der Waals surface area contributed by atoms with E-state index in [9.17, 15) is 9.18 Å². The van der Waals surface area contributed by atoms with E-state index in [2.05, 4.69) is 0 Å². The maximum Gasteiger partial charge on any atom is 0.150 e. The molecule has 1 aliphatic rings. The second-order valence-electron chi connectivity index (χ2n) is 3.70. The van der Waals surface area contributed by atoms with Gasteiger partial charge in [0, 0.05) is 24.3 Å². The average Bonchev–Trinajstić information content (AvgIpc) is 2.99. The monoisotopic (exact) mass is 193 g/mol. The van der Waals surface area contributed by atoms with Crippen LogP contribution in [0.1, 0.15) is 23.2 Å². The first-order valence-electron chi connectivity index (χ1n) is 4.69. The first-order valence-corrected chi connectivity index (χ1v) is 4.69.